The van der Waals surface area contributed by atoms with Crippen molar-refractivity contribution in [3.05, 3.63) is 87.1 Å². The Bertz CT molecular complexity index is 1190. The average Bonchev–Trinajstić information content (AvgIpc) is 3.12. The van der Waals surface area contributed by atoms with Gasteiger partial charge in [0.2, 0.25) is 0 Å². The van der Waals surface area contributed by atoms with Gasteiger partial charge in [0.1, 0.15) is 17.2 Å². The lowest BCUT2D eigenvalue weighted by Crippen LogP contribution is -2.34. The number of amides is 1. The van der Waals surface area contributed by atoms with Crippen LogP contribution in [0.15, 0.2) is 47.5 Å². The van der Waals surface area contributed by atoms with Gasteiger partial charge in [0.05, 0.1) is 12.2 Å². The minimum absolute atomic E-state index is 0.110. The molecular weight excluding hydrogens is 383 g/mol. The normalized spacial score (nSPS) is 13.4. The molecule has 3 aromatic rings. The van der Waals surface area contributed by atoms with Crippen LogP contribution in [-0.4, -0.2) is 25.3 Å². The first-order valence-electron chi connectivity index (χ1n) is 9.78. The average molecular weight is 406 g/mol. The van der Waals surface area contributed by atoms with Gasteiger partial charge in [-0.05, 0) is 42.8 Å². The van der Waals surface area contributed by atoms with Gasteiger partial charge in [-0.1, -0.05) is 20.8 Å². The molecule has 1 aromatic carbocycles. The Morgan fingerprint density at radius 2 is 1.80 bits per heavy atom. The van der Waals surface area contributed by atoms with Crippen LogP contribution in [0.3, 0.4) is 0 Å². The molecule has 4 rings (SSSR count). The fraction of sp³-hybridized carbons (Fsp3) is 0.304. The number of aromatic nitrogens is 3. The largest absolute Gasteiger partial charge is 0.328 e. The third kappa shape index (κ3) is 3.51. The zero-order chi connectivity index (χ0) is 21.6. The Morgan fingerprint density at radius 1 is 1.10 bits per heavy atom. The summed E-state index contributed by atoms with van der Waals surface area (Å²) in [7, 11) is 0. The van der Waals surface area contributed by atoms with E-state index in [0.29, 0.717) is 24.3 Å². The van der Waals surface area contributed by atoms with Crippen LogP contribution in [0.1, 0.15) is 53.8 Å². The molecule has 1 aliphatic heterocycles. The van der Waals surface area contributed by atoms with Gasteiger partial charge in [-0.2, -0.15) is 0 Å². The molecule has 0 radical (unpaired) electrons. The number of pyridine rings is 1. The summed E-state index contributed by atoms with van der Waals surface area (Å²) in [5.74, 6) is -0.00449. The summed E-state index contributed by atoms with van der Waals surface area (Å²) in [5, 5.41) is 0. The summed E-state index contributed by atoms with van der Waals surface area (Å²) in [5.41, 5.74) is 2.30. The monoisotopic (exact) mass is 406 g/mol. The number of halogens is 1. The van der Waals surface area contributed by atoms with Gasteiger partial charge in [0, 0.05) is 35.6 Å². The number of nitrogens with zero attached hydrogens (tertiary/aromatic N) is 4. The molecule has 0 fully saturated rings. The van der Waals surface area contributed by atoms with Crippen molar-refractivity contribution < 1.29 is 9.18 Å². The summed E-state index contributed by atoms with van der Waals surface area (Å²) in [4.78, 5) is 37.1. The van der Waals surface area contributed by atoms with E-state index in [2.05, 4.69) is 9.97 Å². The lowest BCUT2D eigenvalue weighted by molar-refractivity contribution is 0.0747. The van der Waals surface area contributed by atoms with Gasteiger partial charge >= 0.3 is 0 Å². The van der Waals surface area contributed by atoms with E-state index in [9.17, 15) is 14.0 Å². The molecule has 0 bridgehead atoms. The first-order valence-corrected chi connectivity index (χ1v) is 9.78. The van der Waals surface area contributed by atoms with Crippen LogP contribution in [-0.2, 0) is 18.5 Å². The lowest BCUT2D eigenvalue weighted by atomic mass is 9.95. The van der Waals surface area contributed by atoms with E-state index in [-0.39, 0.29) is 22.7 Å². The lowest BCUT2D eigenvalue weighted by Gasteiger charge is -2.17. The van der Waals surface area contributed by atoms with Crippen molar-refractivity contribution >= 4 is 5.91 Å². The molecule has 0 unspecified atom stereocenters. The molecule has 154 valence electrons. The van der Waals surface area contributed by atoms with Gasteiger partial charge < -0.3 is 4.90 Å². The Labute approximate surface area is 174 Å². The molecule has 0 saturated carbocycles. The predicted molar refractivity (Wildman–Crippen MR) is 111 cm³/mol. The fourth-order valence-electron chi connectivity index (χ4n) is 3.51. The van der Waals surface area contributed by atoms with Crippen LogP contribution in [0, 0.1) is 12.7 Å². The summed E-state index contributed by atoms with van der Waals surface area (Å²) < 4.78 is 14.6. The Kier molecular flexibility index (Phi) is 4.76. The zero-order valence-electron chi connectivity index (χ0n) is 17.4. The molecule has 3 heterocycles. The van der Waals surface area contributed by atoms with Crippen molar-refractivity contribution in [2.45, 2.75) is 46.2 Å². The van der Waals surface area contributed by atoms with Crippen LogP contribution >= 0.6 is 0 Å². The molecular formula is C23H23FN4O2. The number of carbonyl (C=O) groups excluding carboxylic acids is 1. The molecule has 1 amide bonds. The topological polar surface area (TPSA) is 68.1 Å². The number of carbonyl (C=O) groups is 1. The van der Waals surface area contributed by atoms with Crippen molar-refractivity contribution in [1.29, 1.82) is 0 Å². The highest BCUT2D eigenvalue weighted by molar-refractivity contribution is 5.95. The third-order valence-corrected chi connectivity index (χ3v) is 5.23. The Morgan fingerprint density at radius 3 is 2.47 bits per heavy atom. The predicted octanol–water partition coefficient (Wildman–Crippen LogP) is 3.53. The van der Waals surface area contributed by atoms with Crippen molar-refractivity contribution in [2.24, 2.45) is 0 Å². The number of aryl methyl sites for hydroxylation is 1. The van der Waals surface area contributed by atoms with Crippen LogP contribution in [0.25, 0.3) is 5.69 Å². The first-order chi connectivity index (χ1) is 14.1. The maximum atomic E-state index is 13.3. The van der Waals surface area contributed by atoms with E-state index in [1.165, 1.54) is 28.8 Å². The van der Waals surface area contributed by atoms with Crippen LogP contribution in [0.4, 0.5) is 4.39 Å². The SMILES string of the molecule is Cc1ccn(-c2ccc(F)cc2)c(=O)c1C(=O)N1Cc2cnc(C(C)(C)C)nc2C1. The van der Waals surface area contributed by atoms with Crippen LogP contribution in [0.5, 0.6) is 0 Å². The molecule has 6 nitrogen and oxygen atoms in total. The maximum absolute atomic E-state index is 13.3. The molecule has 0 aliphatic carbocycles. The summed E-state index contributed by atoms with van der Waals surface area (Å²) in [6, 6.07) is 7.31. The number of rotatable bonds is 2. The second-order valence-electron chi connectivity index (χ2n) is 8.60. The Hall–Kier alpha value is -3.35. The van der Waals surface area contributed by atoms with E-state index in [1.807, 2.05) is 20.8 Å². The number of fused-ring (bicyclic) bond motifs is 1. The van der Waals surface area contributed by atoms with E-state index in [4.69, 9.17) is 0 Å². The molecule has 0 saturated heterocycles. The molecule has 1 aliphatic rings. The second kappa shape index (κ2) is 7.16. The van der Waals surface area contributed by atoms with Gasteiger partial charge in [0.15, 0.2) is 0 Å². The molecule has 0 N–H and O–H groups in total. The van der Waals surface area contributed by atoms with E-state index in [1.54, 1.807) is 30.3 Å². The maximum Gasteiger partial charge on any atom is 0.268 e. The third-order valence-electron chi connectivity index (χ3n) is 5.23. The number of hydrogen-bond acceptors (Lipinski definition) is 4. The van der Waals surface area contributed by atoms with Gasteiger partial charge in [-0.3, -0.25) is 14.2 Å². The smallest absolute Gasteiger partial charge is 0.268 e. The van der Waals surface area contributed by atoms with Crippen LogP contribution < -0.4 is 5.56 Å². The van der Waals surface area contributed by atoms with Gasteiger partial charge in [-0.15, -0.1) is 0 Å². The fourth-order valence-corrected chi connectivity index (χ4v) is 3.51. The highest BCUT2D eigenvalue weighted by atomic mass is 19.1. The highest BCUT2D eigenvalue weighted by Gasteiger charge is 2.30. The molecule has 30 heavy (non-hydrogen) atoms. The number of hydrogen-bond donors (Lipinski definition) is 0. The molecule has 2 aromatic heterocycles. The Balaban J connectivity index is 1.68. The van der Waals surface area contributed by atoms with Gasteiger partial charge in [0.25, 0.3) is 11.5 Å². The van der Waals surface area contributed by atoms with E-state index < -0.39 is 5.56 Å². The molecule has 7 heteroatoms. The van der Waals surface area contributed by atoms with Crippen molar-refractivity contribution in [3.8, 4) is 5.69 Å². The summed E-state index contributed by atoms with van der Waals surface area (Å²) >= 11 is 0. The van der Waals surface area contributed by atoms with Gasteiger partial charge in [-0.25, -0.2) is 14.4 Å². The summed E-state index contributed by atoms with van der Waals surface area (Å²) in [6.07, 6.45) is 3.37. The molecule has 0 spiro atoms. The number of benzene rings is 1. The molecule has 0 atom stereocenters. The second-order valence-corrected chi connectivity index (χ2v) is 8.60. The minimum atomic E-state index is -0.427. The minimum Gasteiger partial charge on any atom is -0.328 e. The highest BCUT2D eigenvalue weighted by Crippen LogP contribution is 2.26. The van der Waals surface area contributed by atoms with Crippen molar-refractivity contribution in [1.82, 2.24) is 19.4 Å². The van der Waals surface area contributed by atoms with Crippen molar-refractivity contribution in [3.63, 3.8) is 0 Å². The van der Waals surface area contributed by atoms with E-state index >= 15 is 0 Å². The summed E-state index contributed by atoms with van der Waals surface area (Å²) in [6.45, 7) is 8.56. The first kappa shape index (κ1) is 19.9. The standard InChI is InChI=1S/C23H23FN4O2/c1-14-9-10-28(17-7-5-16(24)6-8-17)21(30)19(14)20(29)27-12-15-11-25-22(23(2,3)4)26-18(15)13-27/h5-11H,12-13H2,1-4H3. The van der Waals surface area contributed by atoms with E-state index in [0.717, 1.165) is 17.1 Å². The van der Waals surface area contributed by atoms with Crippen LogP contribution in [0.2, 0.25) is 0 Å². The quantitative estimate of drug-likeness (QED) is 0.653. The van der Waals surface area contributed by atoms with Crippen molar-refractivity contribution in [2.75, 3.05) is 0 Å². The zero-order valence-corrected chi connectivity index (χ0v) is 17.4.